The van der Waals surface area contributed by atoms with Crippen LogP contribution in [-0.4, -0.2) is 35.1 Å². The summed E-state index contributed by atoms with van der Waals surface area (Å²) in [5.41, 5.74) is 0.483. The molecule has 0 aliphatic rings. The molecule has 2 N–H and O–H groups in total. The Morgan fingerprint density at radius 1 is 1.57 bits per heavy atom. The first kappa shape index (κ1) is 16.8. The highest BCUT2D eigenvalue weighted by atomic mass is 16.5. The first-order chi connectivity index (χ1) is 9.97. The van der Waals surface area contributed by atoms with Gasteiger partial charge < -0.3 is 15.4 Å². The summed E-state index contributed by atoms with van der Waals surface area (Å²) >= 11 is 0. The maximum absolute atomic E-state index is 11.6. The number of hydrogen-bond acceptors (Lipinski definition) is 5. The predicted molar refractivity (Wildman–Crippen MR) is 79.8 cm³/mol. The summed E-state index contributed by atoms with van der Waals surface area (Å²) in [7, 11) is 1.76. The average Bonchev–Trinajstić information content (AvgIpc) is 2.76. The fraction of sp³-hybridized carbons (Fsp3) is 0.643. The van der Waals surface area contributed by atoms with Crippen molar-refractivity contribution in [2.24, 2.45) is 13.0 Å². The molecule has 1 atom stereocenters. The summed E-state index contributed by atoms with van der Waals surface area (Å²) in [6, 6.07) is 2.01. The van der Waals surface area contributed by atoms with Crippen LogP contribution < -0.4 is 10.6 Å². The molecule has 7 nitrogen and oxygen atoms in total. The lowest BCUT2D eigenvalue weighted by atomic mass is 10.0. The number of ether oxygens (including phenoxy) is 1. The Bertz CT molecular complexity index is 504. The summed E-state index contributed by atoms with van der Waals surface area (Å²) in [6.07, 6.45) is 1.90. The number of nitrogens with zero attached hydrogens (tertiary/aromatic N) is 3. The van der Waals surface area contributed by atoms with Gasteiger partial charge in [-0.25, -0.2) is 4.79 Å². The van der Waals surface area contributed by atoms with Crippen LogP contribution in [0.4, 0.5) is 10.6 Å². The molecule has 7 heteroatoms. The fourth-order valence-electron chi connectivity index (χ4n) is 2.05. The SMILES string of the molecule is CCOC(=O)NC(CNc1c(C#N)cnn1C)CC(C)C. The summed E-state index contributed by atoms with van der Waals surface area (Å²) < 4.78 is 6.52. The minimum Gasteiger partial charge on any atom is -0.450 e. The van der Waals surface area contributed by atoms with Gasteiger partial charge >= 0.3 is 6.09 Å². The lowest BCUT2D eigenvalue weighted by molar-refractivity contribution is 0.147. The molecule has 0 aliphatic heterocycles. The molecular weight excluding hydrogens is 270 g/mol. The highest BCUT2D eigenvalue weighted by Crippen LogP contribution is 2.13. The van der Waals surface area contributed by atoms with Crippen LogP contribution in [0.1, 0.15) is 32.8 Å². The van der Waals surface area contributed by atoms with E-state index < -0.39 is 6.09 Å². The Kier molecular flexibility index (Phi) is 6.53. The zero-order valence-electron chi connectivity index (χ0n) is 13.0. The monoisotopic (exact) mass is 293 g/mol. The summed E-state index contributed by atoms with van der Waals surface area (Å²) in [4.78, 5) is 11.6. The van der Waals surface area contributed by atoms with Crippen molar-refractivity contribution in [2.45, 2.75) is 33.2 Å². The molecule has 1 aromatic rings. The van der Waals surface area contributed by atoms with E-state index in [0.29, 0.717) is 30.5 Å². The predicted octanol–water partition coefficient (Wildman–Crippen LogP) is 1.86. The fourth-order valence-corrected chi connectivity index (χ4v) is 2.05. The molecule has 0 fully saturated rings. The van der Waals surface area contributed by atoms with E-state index in [2.05, 4.69) is 35.6 Å². The third-order valence-corrected chi connectivity index (χ3v) is 2.93. The molecule has 1 rings (SSSR count). The minimum atomic E-state index is -0.421. The number of carbonyl (C=O) groups excluding carboxylic acids is 1. The Hall–Kier alpha value is -2.23. The van der Waals surface area contributed by atoms with Crippen molar-refractivity contribution in [3.8, 4) is 6.07 Å². The van der Waals surface area contributed by atoms with E-state index >= 15 is 0 Å². The molecule has 116 valence electrons. The van der Waals surface area contributed by atoms with Gasteiger partial charge in [0.2, 0.25) is 0 Å². The molecule has 0 bridgehead atoms. The van der Waals surface area contributed by atoms with Gasteiger partial charge in [0.25, 0.3) is 0 Å². The Morgan fingerprint density at radius 3 is 2.86 bits per heavy atom. The van der Waals surface area contributed by atoms with Crippen LogP contribution in [0, 0.1) is 17.2 Å². The van der Waals surface area contributed by atoms with Crippen molar-refractivity contribution in [3.05, 3.63) is 11.8 Å². The molecule has 1 aromatic heterocycles. The molecule has 0 spiro atoms. The lowest BCUT2D eigenvalue weighted by Crippen LogP contribution is -2.41. The number of hydrogen-bond donors (Lipinski definition) is 2. The number of nitriles is 1. The van der Waals surface area contributed by atoms with E-state index in [9.17, 15) is 4.79 Å². The van der Waals surface area contributed by atoms with E-state index in [0.717, 1.165) is 6.42 Å². The number of carbonyl (C=O) groups is 1. The molecule has 1 heterocycles. The van der Waals surface area contributed by atoms with Gasteiger partial charge in [-0.1, -0.05) is 13.8 Å². The van der Waals surface area contributed by atoms with Crippen LogP contribution in [-0.2, 0) is 11.8 Å². The summed E-state index contributed by atoms with van der Waals surface area (Å²) in [5, 5.41) is 19.1. The lowest BCUT2D eigenvalue weighted by Gasteiger charge is -2.21. The van der Waals surface area contributed by atoms with Crippen LogP contribution in [0.15, 0.2) is 6.20 Å². The quantitative estimate of drug-likeness (QED) is 0.800. The van der Waals surface area contributed by atoms with Crippen molar-refractivity contribution >= 4 is 11.9 Å². The topological polar surface area (TPSA) is 92.0 Å². The van der Waals surface area contributed by atoms with Crippen LogP contribution >= 0.6 is 0 Å². The van der Waals surface area contributed by atoms with Crippen LogP contribution in [0.5, 0.6) is 0 Å². The third kappa shape index (κ3) is 5.34. The van der Waals surface area contributed by atoms with Crippen LogP contribution in [0.3, 0.4) is 0 Å². The van der Waals surface area contributed by atoms with Gasteiger partial charge in [0.15, 0.2) is 0 Å². The molecule has 0 saturated heterocycles. The van der Waals surface area contributed by atoms with Gasteiger partial charge in [0, 0.05) is 19.6 Å². The van der Waals surface area contributed by atoms with Crippen molar-refractivity contribution in [1.29, 1.82) is 5.26 Å². The highest BCUT2D eigenvalue weighted by Gasteiger charge is 2.16. The molecular formula is C14H23N5O2. The minimum absolute atomic E-state index is 0.0782. The molecule has 0 radical (unpaired) electrons. The second-order valence-corrected chi connectivity index (χ2v) is 5.21. The number of aromatic nitrogens is 2. The Morgan fingerprint density at radius 2 is 2.29 bits per heavy atom. The highest BCUT2D eigenvalue weighted by molar-refractivity contribution is 5.67. The van der Waals surface area contributed by atoms with E-state index in [4.69, 9.17) is 10.00 Å². The van der Waals surface area contributed by atoms with Gasteiger partial charge in [-0.3, -0.25) is 4.68 Å². The number of rotatable bonds is 7. The van der Waals surface area contributed by atoms with Crippen LogP contribution in [0.2, 0.25) is 0 Å². The molecule has 0 aromatic carbocycles. The zero-order valence-corrected chi connectivity index (χ0v) is 13.0. The molecule has 21 heavy (non-hydrogen) atoms. The largest absolute Gasteiger partial charge is 0.450 e. The standard InChI is InChI=1S/C14H23N5O2/c1-5-21-14(20)18-12(6-10(2)3)9-16-13-11(7-15)8-17-19(13)4/h8,10,12,16H,5-6,9H2,1-4H3,(H,18,20). The van der Waals surface area contributed by atoms with E-state index in [-0.39, 0.29) is 6.04 Å². The molecule has 1 unspecified atom stereocenters. The molecule has 0 aliphatic carbocycles. The first-order valence-corrected chi connectivity index (χ1v) is 7.07. The number of alkyl carbamates (subject to hydrolysis) is 1. The van der Waals surface area contributed by atoms with Crippen molar-refractivity contribution in [3.63, 3.8) is 0 Å². The van der Waals surface area contributed by atoms with Crippen molar-refractivity contribution < 1.29 is 9.53 Å². The normalized spacial score (nSPS) is 11.8. The molecule has 0 saturated carbocycles. The molecule has 1 amide bonds. The number of amides is 1. The number of aryl methyl sites for hydroxylation is 1. The maximum Gasteiger partial charge on any atom is 0.407 e. The van der Waals surface area contributed by atoms with E-state index in [1.54, 1.807) is 18.7 Å². The van der Waals surface area contributed by atoms with Crippen molar-refractivity contribution in [1.82, 2.24) is 15.1 Å². The second kappa shape index (κ2) is 8.15. The van der Waals surface area contributed by atoms with Gasteiger partial charge in [-0.2, -0.15) is 10.4 Å². The van der Waals surface area contributed by atoms with Gasteiger partial charge in [0.05, 0.1) is 12.8 Å². The number of anilines is 1. The maximum atomic E-state index is 11.6. The number of nitrogens with one attached hydrogen (secondary N) is 2. The Balaban J connectivity index is 2.66. The second-order valence-electron chi connectivity index (χ2n) is 5.21. The Labute approximate surface area is 125 Å². The smallest absolute Gasteiger partial charge is 0.407 e. The van der Waals surface area contributed by atoms with Gasteiger partial charge in [-0.05, 0) is 19.3 Å². The zero-order chi connectivity index (χ0) is 15.8. The average molecular weight is 293 g/mol. The summed E-state index contributed by atoms with van der Waals surface area (Å²) in [5.74, 6) is 1.08. The van der Waals surface area contributed by atoms with Crippen LogP contribution in [0.25, 0.3) is 0 Å². The summed E-state index contributed by atoms with van der Waals surface area (Å²) in [6.45, 7) is 6.79. The third-order valence-electron chi connectivity index (χ3n) is 2.93. The van der Waals surface area contributed by atoms with E-state index in [1.165, 1.54) is 6.20 Å². The van der Waals surface area contributed by atoms with Gasteiger partial charge in [-0.15, -0.1) is 0 Å². The first-order valence-electron chi connectivity index (χ1n) is 7.07. The van der Waals surface area contributed by atoms with E-state index in [1.807, 2.05) is 0 Å². The van der Waals surface area contributed by atoms with Gasteiger partial charge in [0.1, 0.15) is 17.5 Å². The van der Waals surface area contributed by atoms with Crippen molar-refractivity contribution in [2.75, 3.05) is 18.5 Å².